The number of phenols is 1. The smallest absolute Gasteiger partial charge is 0.191 e. The van der Waals surface area contributed by atoms with E-state index in [1.807, 2.05) is 19.1 Å². The quantitative estimate of drug-likeness (QED) is 0.0701. The van der Waals surface area contributed by atoms with E-state index in [2.05, 4.69) is 57.3 Å². The lowest BCUT2D eigenvalue weighted by atomic mass is 9.73. The highest BCUT2D eigenvalue weighted by molar-refractivity contribution is 8.76. The number of carbonyl (C=O) groups is 1. The summed E-state index contributed by atoms with van der Waals surface area (Å²) in [6.07, 6.45) is 11.3. The molecule has 2 aromatic carbocycles. The van der Waals surface area contributed by atoms with Crippen LogP contribution < -0.4 is 20.5 Å². The number of aromatic amines is 1. The summed E-state index contributed by atoms with van der Waals surface area (Å²) in [4.78, 5) is 16.9. The maximum atomic E-state index is 13.3. The van der Waals surface area contributed by atoms with E-state index in [4.69, 9.17) is 15.2 Å². The molecule has 0 amide bonds. The zero-order chi connectivity index (χ0) is 40.8. The van der Waals surface area contributed by atoms with Gasteiger partial charge < -0.3 is 45.2 Å². The first-order valence-electron chi connectivity index (χ1n) is 21.0. The Morgan fingerprint density at radius 3 is 2.78 bits per heavy atom. The third kappa shape index (κ3) is 7.76. The Balaban J connectivity index is 1.21. The lowest BCUT2D eigenvalue weighted by Gasteiger charge is -2.36. The molecule has 11 nitrogen and oxygen atoms in total. The van der Waals surface area contributed by atoms with Crippen molar-refractivity contribution >= 4 is 38.3 Å². The fourth-order valence-electron chi connectivity index (χ4n) is 10.0. The van der Waals surface area contributed by atoms with Crippen LogP contribution in [-0.2, 0) is 23.4 Å². The number of nitrogens with two attached hydrogens (primary N) is 1. The number of H-pyrrole nitrogens is 1. The van der Waals surface area contributed by atoms with Crippen LogP contribution >= 0.6 is 21.6 Å². The number of aliphatic hydroxyl groups excluding tert-OH is 3. The standard InChI is InChI=1S/C46H52N4O7S2/c1-2-5-28(51)17-30(53)18-29(52)6-7-32-36-25-59-58-24-27-21-49-44(47)33-9-8-31-34(42(27)33)16-26-20-48-38-23-50(22-35(26)38)45-37(10-11-39(31)54)46(12-3-4-13-46)14-15-56-41(19-40(32)55)43(36)57-45/h8-9,19-20,22-23,27-28,30,37,39,44-45,48-49,51,53-55H,2-7,12-13,16-18,21,24-25,47H2,1H3. The lowest BCUT2D eigenvalue weighted by Crippen LogP contribution is -2.39. The Hall–Kier alpha value is -4.05. The Kier molecular flexibility index (Phi) is 11.5. The number of nitrogens with zero attached hydrogens (tertiary/aromatic N) is 1. The number of aliphatic hydroxyl groups is 3. The summed E-state index contributed by atoms with van der Waals surface area (Å²) in [5.74, 6) is 11.7. The highest BCUT2D eigenvalue weighted by Crippen LogP contribution is 2.53. The number of Topliss-reactive ketones (excluding diaryl/α,β-unsaturated/α-hetero) is 1. The van der Waals surface area contributed by atoms with Gasteiger partial charge in [0.2, 0.25) is 0 Å². The zero-order valence-electron chi connectivity index (χ0n) is 33.3. The van der Waals surface area contributed by atoms with E-state index in [0.717, 1.165) is 76.6 Å². The van der Waals surface area contributed by atoms with Gasteiger partial charge in [-0.05, 0) is 59.9 Å². The summed E-state index contributed by atoms with van der Waals surface area (Å²) in [7, 11) is 3.36. The van der Waals surface area contributed by atoms with E-state index in [1.54, 1.807) is 21.6 Å². The summed E-state index contributed by atoms with van der Waals surface area (Å²) in [5, 5.41) is 49.3. The number of phenolic OH excluding ortho intramolecular Hbond substituents is 1. The Morgan fingerprint density at radius 2 is 1.95 bits per heavy atom. The molecular weight excluding hydrogens is 785 g/mol. The minimum Gasteiger partial charge on any atom is -0.508 e. The maximum Gasteiger partial charge on any atom is 0.191 e. The summed E-state index contributed by atoms with van der Waals surface area (Å²) in [6.45, 7) is 2.63. The number of nitrogens with one attached hydrogen (secondary N) is 2. The molecule has 10 rings (SSSR count). The normalized spacial score (nSPS) is 24.9. The van der Waals surface area contributed by atoms with Crippen LogP contribution in [0.3, 0.4) is 0 Å². The molecule has 5 aliphatic heterocycles. The van der Waals surface area contributed by atoms with Crippen molar-refractivity contribution in [3.8, 4) is 41.1 Å². The molecule has 1 fully saturated rings. The van der Waals surface area contributed by atoms with Gasteiger partial charge in [0, 0.05) is 84.4 Å². The van der Waals surface area contributed by atoms with E-state index >= 15 is 0 Å². The zero-order valence-corrected chi connectivity index (χ0v) is 34.9. The summed E-state index contributed by atoms with van der Waals surface area (Å²) in [6, 6.07) is 5.58. The average Bonchev–Trinajstić information content (AvgIpc) is 3.95. The number of hydrogen-bond acceptors (Lipinski definition) is 11. The second-order valence-corrected chi connectivity index (χ2v) is 19.4. The van der Waals surface area contributed by atoms with Crippen molar-refractivity contribution in [3.63, 3.8) is 0 Å². The average molecular weight is 837 g/mol. The monoisotopic (exact) mass is 836 g/mol. The summed E-state index contributed by atoms with van der Waals surface area (Å²) >= 11 is 0. The van der Waals surface area contributed by atoms with Gasteiger partial charge in [-0.15, -0.1) is 0 Å². The van der Waals surface area contributed by atoms with Crippen LogP contribution in [0.4, 0.5) is 0 Å². The second kappa shape index (κ2) is 16.8. The molecule has 310 valence electrons. The fraction of sp³-hybridized carbons (Fsp3) is 0.500. The molecule has 13 heteroatoms. The molecule has 4 aromatic rings. The molecule has 8 N–H and O–H groups in total. The molecule has 1 aliphatic carbocycles. The number of hydrogen-bond donors (Lipinski definition) is 7. The first-order valence-corrected chi connectivity index (χ1v) is 23.5. The van der Waals surface area contributed by atoms with Crippen molar-refractivity contribution < 1.29 is 34.7 Å². The van der Waals surface area contributed by atoms with E-state index < -0.39 is 35.9 Å². The van der Waals surface area contributed by atoms with Gasteiger partial charge in [0.15, 0.2) is 17.7 Å². The molecule has 0 saturated heterocycles. The molecule has 7 unspecified atom stereocenters. The molecule has 6 aliphatic rings. The van der Waals surface area contributed by atoms with Crippen LogP contribution in [0.25, 0.3) is 10.9 Å². The van der Waals surface area contributed by atoms with Crippen molar-refractivity contribution in [3.05, 3.63) is 75.7 Å². The van der Waals surface area contributed by atoms with Crippen molar-refractivity contribution in [2.75, 3.05) is 12.3 Å². The predicted molar refractivity (Wildman–Crippen MR) is 230 cm³/mol. The number of aromatic hydroxyl groups is 1. The Bertz CT molecular complexity index is 2380. The molecule has 0 radical (unpaired) electrons. The predicted octanol–water partition coefficient (Wildman–Crippen LogP) is 6.77. The molecule has 8 bridgehead atoms. The van der Waals surface area contributed by atoms with Gasteiger partial charge in [-0.1, -0.05) is 77.7 Å². The molecule has 1 spiro atoms. The van der Waals surface area contributed by atoms with Crippen LogP contribution in [0.5, 0.6) is 17.2 Å². The van der Waals surface area contributed by atoms with Crippen LogP contribution in [0.2, 0.25) is 0 Å². The van der Waals surface area contributed by atoms with Gasteiger partial charge in [0.1, 0.15) is 23.7 Å². The number of aromatic nitrogens is 2. The third-order valence-electron chi connectivity index (χ3n) is 13.0. The number of ketones is 1. The molecule has 7 heterocycles. The lowest BCUT2D eigenvalue weighted by molar-refractivity contribution is -0.121. The Labute approximate surface area is 352 Å². The summed E-state index contributed by atoms with van der Waals surface area (Å²) < 4.78 is 15.7. The molecular formula is C46H52N4O7S2. The molecule has 7 atom stereocenters. The first-order chi connectivity index (χ1) is 28.6. The van der Waals surface area contributed by atoms with E-state index in [0.29, 0.717) is 42.0 Å². The van der Waals surface area contributed by atoms with Crippen molar-refractivity contribution in [2.24, 2.45) is 17.1 Å². The highest BCUT2D eigenvalue weighted by Gasteiger charge is 2.47. The third-order valence-corrected chi connectivity index (χ3v) is 15.4. The van der Waals surface area contributed by atoms with Gasteiger partial charge in [0.25, 0.3) is 0 Å². The summed E-state index contributed by atoms with van der Waals surface area (Å²) in [5.41, 5.74) is 13.5. The minimum atomic E-state index is -1.08. The van der Waals surface area contributed by atoms with Crippen molar-refractivity contribution in [1.82, 2.24) is 14.9 Å². The van der Waals surface area contributed by atoms with Gasteiger partial charge >= 0.3 is 0 Å². The largest absolute Gasteiger partial charge is 0.508 e. The number of rotatable bonds is 9. The molecule has 1 saturated carbocycles. The van der Waals surface area contributed by atoms with Crippen LogP contribution in [0, 0.1) is 35.2 Å². The van der Waals surface area contributed by atoms with Crippen LogP contribution in [0.15, 0.2) is 36.8 Å². The topological polar surface area (TPSA) is 175 Å². The van der Waals surface area contributed by atoms with Gasteiger partial charge in [-0.3, -0.25) is 10.1 Å². The highest BCUT2D eigenvalue weighted by atomic mass is 33.1. The van der Waals surface area contributed by atoms with E-state index in [9.17, 15) is 25.2 Å². The van der Waals surface area contributed by atoms with E-state index in [-0.39, 0.29) is 55.0 Å². The van der Waals surface area contributed by atoms with E-state index in [1.165, 1.54) is 6.07 Å². The molecule has 2 aromatic heterocycles. The Morgan fingerprint density at radius 1 is 1.12 bits per heavy atom. The number of fused-ring (bicyclic) bond motifs is 4. The maximum absolute atomic E-state index is 13.3. The minimum absolute atomic E-state index is 0.0217. The van der Waals surface area contributed by atoms with Gasteiger partial charge in [0.05, 0.1) is 35.2 Å². The van der Waals surface area contributed by atoms with Crippen molar-refractivity contribution in [2.45, 2.75) is 120 Å². The first kappa shape index (κ1) is 40.4. The number of carbonyl (C=O) groups excluding carboxylic acids is 1. The van der Waals surface area contributed by atoms with Crippen LogP contribution in [0.1, 0.15) is 128 Å². The van der Waals surface area contributed by atoms with Gasteiger partial charge in [-0.2, -0.15) is 0 Å². The SMILES string of the molecule is CCCC(O)CC(O)CC(=O)CCc1c(O)cc2c3c1CSSCC1CNC(N)c4ccc5c(c41)Cc1c[nH]c4cn(cc14)C(O3)C(C#CC5O)C1(C#CO2)CCCC1. The number of ether oxygens (including phenoxy) is 2. The molecule has 59 heavy (non-hydrogen) atoms. The van der Waals surface area contributed by atoms with Crippen molar-refractivity contribution in [1.29, 1.82) is 0 Å². The fourth-order valence-corrected chi connectivity index (χ4v) is 12.5. The van der Waals surface area contributed by atoms with Gasteiger partial charge in [-0.25, -0.2) is 0 Å². The number of benzene rings is 2. The second-order valence-electron chi connectivity index (χ2n) is 16.9. The van der Waals surface area contributed by atoms with Crippen LogP contribution in [-0.4, -0.2) is 60.3 Å².